The van der Waals surface area contributed by atoms with Gasteiger partial charge in [0.1, 0.15) is 0 Å². The molecule has 0 N–H and O–H groups in total. The van der Waals surface area contributed by atoms with Gasteiger partial charge in [0.05, 0.1) is 11.0 Å². The van der Waals surface area contributed by atoms with E-state index in [4.69, 9.17) is 15.4 Å². The summed E-state index contributed by atoms with van der Waals surface area (Å²) >= 11 is 0. The lowest BCUT2D eigenvalue weighted by Gasteiger charge is -2.19. The number of hydrogen-bond acceptors (Lipinski definition) is 3. The van der Waals surface area contributed by atoms with Gasteiger partial charge in [0.2, 0.25) is 0 Å². The summed E-state index contributed by atoms with van der Waals surface area (Å²) < 4.78 is 28.3. The molecule has 3 nitrogen and oxygen atoms in total. The molecule has 0 radical (unpaired) electrons. The summed E-state index contributed by atoms with van der Waals surface area (Å²) in [5.41, 5.74) is 0.992. The number of hydrogen-bond donors (Lipinski definition) is 0. The summed E-state index contributed by atoms with van der Waals surface area (Å²) in [4.78, 5) is 0.122. The Bertz CT molecular complexity index is 480. The van der Waals surface area contributed by atoms with Gasteiger partial charge in [0.15, 0.2) is 0 Å². The first-order valence-corrected chi connectivity index (χ1v) is 8.81. The van der Waals surface area contributed by atoms with E-state index in [1.807, 2.05) is 0 Å². The SMILES string of the molecule is CCC[C@@H](OCC(C)C)c1ccc(S(=O)(=O)Cl)cc1. The Hall–Kier alpha value is -0.580. The van der Waals surface area contributed by atoms with Crippen LogP contribution in [0, 0.1) is 5.92 Å². The average Bonchev–Trinajstić information content (AvgIpc) is 2.33. The van der Waals surface area contributed by atoms with Crippen molar-refractivity contribution in [2.75, 3.05) is 6.61 Å². The van der Waals surface area contributed by atoms with Crippen LogP contribution in [-0.2, 0) is 13.8 Å². The number of halogens is 1. The Kier molecular flexibility index (Phi) is 6.30. The molecular weight excluding hydrogens is 284 g/mol. The highest BCUT2D eigenvalue weighted by Gasteiger charge is 2.14. The van der Waals surface area contributed by atoms with Crippen molar-refractivity contribution in [1.29, 1.82) is 0 Å². The fourth-order valence-corrected chi connectivity index (χ4v) is 2.53. The predicted octanol–water partition coefficient (Wildman–Crippen LogP) is 4.13. The molecule has 5 heteroatoms. The Morgan fingerprint density at radius 1 is 1.21 bits per heavy atom. The second kappa shape index (κ2) is 7.27. The van der Waals surface area contributed by atoms with Crippen LogP contribution in [0.25, 0.3) is 0 Å². The van der Waals surface area contributed by atoms with Crippen LogP contribution >= 0.6 is 10.7 Å². The standard InChI is InChI=1S/C14H21ClO3S/c1-4-5-14(18-10-11(2)3)12-6-8-13(9-7-12)19(15,16)17/h6-9,11,14H,4-5,10H2,1-3H3/t14-/m1/s1. The van der Waals surface area contributed by atoms with E-state index >= 15 is 0 Å². The fraction of sp³-hybridized carbons (Fsp3) is 0.571. The quantitative estimate of drug-likeness (QED) is 0.711. The van der Waals surface area contributed by atoms with Crippen LogP contribution in [0.3, 0.4) is 0 Å². The van der Waals surface area contributed by atoms with Crippen LogP contribution in [0.5, 0.6) is 0 Å². The molecule has 1 aromatic carbocycles. The van der Waals surface area contributed by atoms with Crippen LogP contribution in [0.4, 0.5) is 0 Å². The third-order valence-electron chi connectivity index (χ3n) is 2.72. The first kappa shape index (κ1) is 16.5. The number of rotatable bonds is 7. The van der Waals surface area contributed by atoms with Crippen LogP contribution in [-0.4, -0.2) is 15.0 Å². The zero-order valence-corrected chi connectivity index (χ0v) is 13.2. The van der Waals surface area contributed by atoms with Crippen LogP contribution in [0.2, 0.25) is 0 Å². The highest BCUT2D eigenvalue weighted by molar-refractivity contribution is 8.13. The monoisotopic (exact) mass is 304 g/mol. The molecule has 1 aromatic rings. The van der Waals surface area contributed by atoms with Crippen LogP contribution in [0.15, 0.2) is 29.2 Å². The highest BCUT2D eigenvalue weighted by atomic mass is 35.7. The molecular formula is C14H21ClO3S. The molecule has 0 saturated carbocycles. The summed E-state index contributed by atoms with van der Waals surface area (Å²) in [5.74, 6) is 0.474. The van der Waals surface area contributed by atoms with Gasteiger partial charge in [0.25, 0.3) is 9.05 Å². The zero-order chi connectivity index (χ0) is 14.5. The Morgan fingerprint density at radius 3 is 2.21 bits per heavy atom. The minimum Gasteiger partial charge on any atom is -0.373 e. The van der Waals surface area contributed by atoms with Gasteiger partial charge >= 0.3 is 0 Å². The largest absolute Gasteiger partial charge is 0.373 e. The van der Waals surface area contributed by atoms with E-state index in [2.05, 4.69) is 20.8 Å². The van der Waals surface area contributed by atoms with E-state index in [-0.39, 0.29) is 11.0 Å². The summed E-state index contributed by atoms with van der Waals surface area (Å²) in [5, 5.41) is 0. The maximum Gasteiger partial charge on any atom is 0.261 e. The second-order valence-corrected chi connectivity index (χ2v) is 7.58. The second-order valence-electron chi connectivity index (χ2n) is 5.01. The van der Waals surface area contributed by atoms with Gasteiger partial charge in [-0.15, -0.1) is 0 Å². The van der Waals surface area contributed by atoms with Gasteiger partial charge in [-0.05, 0) is 30.0 Å². The van der Waals surface area contributed by atoms with Gasteiger partial charge in [-0.25, -0.2) is 8.42 Å². The average molecular weight is 305 g/mol. The summed E-state index contributed by atoms with van der Waals surface area (Å²) in [7, 11) is 1.64. The third-order valence-corrected chi connectivity index (χ3v) is 4.08. The Morgan fingerprint density at radius 2 is 1.79 bits per heavy atom. The zero-order valence-electron chi connectivity index (χ0n) is 11.6. The van der Waals surface area contributed by atoms with Crippen molar-refractivity contribution in [2.45, 2.75) is 44.6 Å². The van der Waals surface area contributed by atoms with Crippen molar-refractivity contribution in [1.82, 2.24) is 0 Å². The van der Waals surface area contributed by atoms with Gasteiger partial charge < -0.3 is 4.74 Å². The van der Waals surface area contributed by atoms with Crippen molar-refractivity contribution >= 4 is 19.7 Å². The molecule has 0 aromatic heterocycles. The normalized spacial score (nSPS) is 13.7. The molecule has 1 rings (SSSR count). The molecule has 0 unspecified atom stereocenters. The van der Waals surface area contributed by atoms with Crippen molar-refractivity contribution in [3.05, 3.63) is 29.8 Å². The lowest BCUT2D eigenvalue weighted by atomic mass is 10.1. The summed E-state index contributed by atoms with van der Waals surface area (Å²) in [6, 6.07) is 6.60. The van der Waals surface area contributed by atoms with Crippen molar-refractivity contribution in [2.24, 2.45) is 5.92 Å². The minimum atomic E-state index is -3.65. The lowest BCUT2D eigenvalue weighted by molar-refractivity contribution is 0.0291. The van der Waals surface area contributed by atoms with E-state index in [9.17, 15) is 8.42 Å². The minimum absolute atomic E-state index is 0.0134. The van der Waals surface area contributed by atoms with Crippen molar-refractivity contribution in [3.8, 4) is 0 Å². The van der Waals surface area contributed by atoms with E-state index < -0.39 is 9.05 Å². The molecule has 0 aliphatic carbocycles. The molecule has 0 spiro atoms. The first-order valence-electron chi connectivity index (χ1n) is 6.50. The number of ether oxygens (including phenoxy) is 1. The van der Waals surface area contributed by atoms with Crippen molar-refractivity contribution in [3.63, 3.8) is 0 Å². The van der Waals surface area contributed by atoms with Crippen LogP contribution < -0.4 is 0 Å². The molecule has 0 bridgehead atoms. The smallest absolute Gasteiger partial charge is 0.261 e. The molecule has 0 aliphatic rings. The van der Waals surface area contributed by atoms with Crippen molar-refractivity contribution < 1.29 is 13.2 Å². The Labute approximate surface area is 120 Å². The maximum atomic E-state index is 11.2. The molecule has 0 aliphatic heterocycles. The molecule has 0 fully saturated rings. The van der Waals surface area contributed by atoms with E-state index in [1.165, 1.54) is 12.1 Å². The molecule has 0 heterocycles. The molecule has 0 saturated heterocycles. The van der Waals surface area contributed by atoms with Crippen LogP contribution in [0.1, 0.15) is 45.3 Å². The summed E-state index contributed by atoms with van der Waals surface area (Å²) in [6.07, 6.45) is 1.94. The lowest BCUT2D eigenvalue weighted by Crippen LogP contribution is -2.09. The molecule has 0 amide bonds. The van der Waals surface area contributed by atoms with E-state index in [0.29, 0.717) is 12.5 Å². The predicted molar refractivity (Wildman–Crippen MR) is 77.9 cm³/mol. The Balaban J connectivity index is 2.85. The maximum absolute atomic E-state index is 11.2. The molecule has 1 atom stereocenters. The first-order chi connectivity index (χ1) is 8.84. The fourth-order valence-electron chi connectivity index (χ4n) is 1.76. The van der Waals surface area contributed by atoms with E-state index in [0.717, 1.165) is 18.4 Å². The molecule has 108 valence electrons. The summed E-state index contributed by atoms with van der Waals surface area (Å²) in [6.45, 7) is 7.00. The molecule has 19 heavy (non-hydrogen) atoms. The number of benzene rings is 1. The highest BCUT2D eigenvalue weighted by Crippen LogP contribution is 2.25. The van der Waals surface area contributed by atoms with Gasteiger partial charge in [-0.3, -0.25) is 0 Å². The van der Waals surface area contributed by atoms with Gasteiger partial charge in [-0.1, -0.05) is 39.3 Å². The van der Waals surface area contributed by atoms with Gasteiger partial charge in [-0.2, -0.15) is 0 Å². The van der Waals surface area contributed by atoms with Gasteiger partial charge in [0, 0.05) is 17.3 Å². The third kappa shape index (κ3) is 5.51. The van der Waals surface area contributed by atoms with E-state index in [1.54, 1.807) is 12.1 Å². The topological polar surface area (TPSA) is 43.4 Å².